The van der Waals surface area contributed by atoms with Crippen LogP contribution in [-0.2, 0) is 14.8 Å². The molecule has 7 heteroatoms. The Kier molecular flexibility index (Phi) is 4.42. The van der Waals surface area contributed by atoms with Crippen LogP contribution in [0, 0.1) is 0 Å². The highest BCUT2D eigenvalue weighted by atomic mass is 32.2. The Morgan fingerprint density at radius 2 is 1.80 bits per heavy atom. The third kappa shape index (κ3) is 3.66. The fourth-order valence-corrected chi connectivity index (χ4v) is 2.54. The van der Waals surface area contributed by atoms with E-state index in [0.29, 0.717) is 38.4 Å². The predicted octanol–water partition coefficient (Wildman–Crippen LogP) is -0.590. The van der Waals surface area contributed by atoms with E-state index in [9.17, 15) is 13.2 Å². The first-order valence-corrected chi connectivity index (χ1v) is 7.27. The molecule has 0 saturated carbocycles. The average molecular weight is 252 g/mol. The summed E-state index contributed by atoms with van der Waals surface area (Å²) in [7, 11) is -3.11. The molecule has 0 atom stereocenters. The van der Waals surface area contributed by atoms with Crippen LogP contribution in [0.3, 0.4) is 0 Å². The van der Waals surface area contributed by atoms with E-state index in [1.807, 2.05) is 0 Å². The third-order valence-corrected chi connectivity index (χ3v) is 3.91. The van der Waals surface area contributed by atoms with Gasteiger partial charge in [-0.05, 0) is 5.75 Å². The molecular formula is C8H16N2O3S2. The molecule has 1 aliphatic rings. The Morgan fingerprint density at radius 1 is 1.27 bits per heavy atom. The largest absolute Gasteiger partial charge is 0.340 e. The fourth-order valence-electron chi connectivity index (χ4n) is 1.52. The molecule has 1 rings (SSSR count). The van der Waals surface area contributed by atoms with Gasteiger partial charge in [0.25, 0.3) is 0 Å². The molecule has 0 unspecified atom stereocenters. The van der Waals surface area contributed by atoms with Crippen molar-refractivity contribution in [3.8, 4) is 0 Å². The summed E-state index contributed by atoms with van der Waals surface area (Å²) >= 11 is 3.99. The summed E-state index contributed by atoms with van der Waals surface area (Å²) in [5.74, 6) is 0.587. The van der Waals surface area contributed by atoms with Crippen molar-refractivity contribution in [2.45, 2.75) is 6.42 Å². The Balaban J connectivity index is 2.46. The maximum absolute atomic E-state index is 11.5. The maximum atomic E-state index is 11.5. The summed E-state index contributed by atoms with van der Waals surface area (Å²) in [5.41, 5.74) is 0. The molecule has 15 heavy (non-hydrogen) atoms. The quantitative estimate of drug-likeness (QED) is 0.683. The fraction of sp³-hybridized carbons (Fsp3) is 0.875. The molecule has 88 valence electrons. The minimum Gasteiger partial charge on any atom is -0.340 e. The average Bonchev–Trinajstić information content (AvgIpc) is 2.17. The van der Waals surface area contributed by atoms with E-state index in [1.165, 1.54) is 10.6 Å². The van der Waals surface area contributed by atoms with Crippen molar-refractivity contribution in [2.24, 2.45) is 0 Å². The summed E-state index contributed by atoms with van der Waals surface area (Å²) < 4.78 is 23.8. The van der Waals surface area contributed by atoms with E-state index in [1.54, 1.807) is 4.90 Å². The lowest BCUT2D eigenvalue weighted by molar-refractivity contribution is -0.131. The van der Waals surface area contributed by atoms with Gasteiger partial charge in [-0.3, -0.25) is 4.79 Å². The molecule has 0 spiro atoms. The first kappa shape index (κ1) is 12.8. The van der Waals surface area contributed by atoms with Crippen LogP contribution in [0.1, 0.15) is 6.42 Å². The molecule has 1 aliphatic heterocycles. The maximum Gasteiger partial charge on any atom is 0.223 e. The van der Waals surface area contributed by atoms with E-state index >= 15 is 0 Å². The number of nitrogens with zero attached hydrogens (tertiary/aromatic N) is 2. The van der Waals surface area contributed by atoms with E-state index in [2.05, 4.69) is 12.6 Å². The van der Waals surface area contributed by atoms with Crippen LogP contribution < -0.4 is 0 Å². The Labute approximate surface area is 95.9 Å². The molecular weight excluding hydrogens is 236 g/mol. The SMILES string of the molecule is CS(=O)(=O)N1CCN(C(=O)CCS)CC1. The number of carbonyl (C=O) groups is 1. The highest BCUT2D eigenvalue weighted by Gasteiger charge is 2.25. The van der Waals surface area contributed by atoms with E-state index in [0.717, 1.165) is 0 Å². The highest BCUT2D eigenvalue weighted by Crippen LogP contribution is 2.07. The molecule has 0 bridgehead atoms. The van der Waals surface area contributed by atoms with Gasteiger partial charge in [-0.25, -0.2) is 8.42 Å². The summed E-state index contributed by atoms with van der Waals surface area (Å²) in [5, 5.41) is 0. The van der Waals surface area contributed by atoms with Crippen LogP contribution in [0.2, 0.25) is 0 Å². The normalized spacial score (nSPS) is 19.2. The zero-order chi connectivity index (χ0) is 11.5. The lowest BCUT2D eigenvalue weighted by Crippen LogP contribution is -2.50. The Hall–Kier alpha value is -0.270. The molecule has 0 aromatic heterocycles. The second-order valence-electron chi connectivity index (χ2n) is 3.52. The van der Waals surface area contributed by atoms with Crippen LogP contribution in [0.4, 0.5) is 0 Å². The topological polar surface area (TPSA) is 57.7 Å². The van der Waals surface area contributed by atoms with Crippen molar-refractivity contribution < 1.29 is 13.2 Å². The summed E-state index contributed by atoms with van der Waals surface area (Å²) in [4.78, 5) is 13.2. The summed E-state index contributed by atoms with van der Waals surface area (Å²) in [6.07, 6.45) is 1.61. The van der Waals surface area contributed by atoms with Gasteiger partial charge in [-0.15, -0.1) is 0 Å². The molecule has 1 heterocycles. The summed E-state index contributed by atoms with van der Waals surface area (Å²) in [6, 6.07) is 0. The van der Waals surface area contributed by atoms with Gasteiger partial charge in [0.05, 0.1) is 6.26 Å². The zero-order valence-electron chi connectivity index (χ0n) is 8.72. The Morgan fingerprint density at radius 3 is 2.20 bits per heavy atom. The second-order valence-corrected chi connectivity index (χ2v) is 5.95. The lowest BCUT2D eigenvalue weighted by atomic mass is 10.3. The molecule has 0 aromatic rings. The van der Waals surface area contributed by atoms with Crippen molar-refractivity contribution >= 4 is 28.6 Å². The number of thiol groups is 1. The first-order valence-electron chi connectivity index (χ1n) is 4.79. The van der Waals surface area contributed by atoms with Crippen LogP contribution in [0.5, 0.6) is 0 Å². The zero-order valence-corrected chi connectivity index (χ0v) is 10.4. The van der Waals surface area contributed by atoms with Gasteiger partial charge >= 0.3 is 0 Å². The minimum atomic E-state index is -3.11. The number of amides is 1. The highest BCUT2D eigenvalue weighted by molar-refractivity contribution is 7.88. The molecule has 0 N–H and O–H groups in total. The van der Waals surface area contributed by atoms with Crippen molar-refractivity contribution in [1.82, 2.24) is 9.21 Å². The number of rotatable bonds is 3. The van der Waals surface area contributed by atoms with Crippen LogP contribution >= 0.6 is 12.6 Å². The van der Waals surface area contributed by atoms with Crippen molar-refractivity contribution in [3.63, 3.8) is 0 Å². The van der Waals surface area contributed by atoms with Crippen LogP contribution in [-0.4, -0.2) is 61.7 Å². The first-order chi connectivity index (χ1) is 6.95. The molecule has 1 fully saturated rings. The van der Waals surface area contributed by atoms with E-state index in [-0.39, 0.29) is 5.91 Å². The molecule has 0 aromatic carbocycles. The number of sulfonamides is 1. The van der Waals surface area contributed by atoms with Crippen LogP contribution in [0.25, 0.3) is 0 Å². The standard InChI is InChI=1S/C8H16N2O3S2/c1-15(12,13)10-5-3-9(4-6-10)8(11)2-7-14/h14H,2-7H2,1H3. The van der Waals surface area contributed by atoms with E-state index < -0.39 is 10.0 Å². The van der Waals surface area contributed by atoms with Gasteiger partial charge in [-0.2, -0.15) is 16.9 Å². The molecule has 5 nitrogen and oxygen atoms in total. The number of carbonyl (C=O) groups excluding carboxylic acids is 1. The second kappa shape index (κ2) is 5.18. The van der Waals surface area contributed by atoms with Crippen molar-refractivity contribution in [2.75, 3.05) is 38.2 Å². The van der Waals surface area contributed by atoms with Gasteiger partial charge in [0.2, 0.25) is 15.9 Å². The molecule has 0 aliphatic carbocycles. The van der Waals surface area contributed by atoms with E-state index in [4.69, 9.17) is 0 Å². The van der Waals surface area contributed by atoms with Gasteiger partial charge in [0.15, 0.2) is 0 Å². The predicted molar refractivity (Wildman–Crippen MR) is 61.5 cm³/mol. The minimum absolute atomic E-state index is 0.0538. The van der Waals surface area contributed by atoms with Gasteiger partial charge in [0, 0.05) is 32.6 Å². The van der Waals surface area contributed by atoms with Gasteiger partial charge in [0.1, 0.15) is 0 Å². The summed E-state index contributed by atoms with van der Waals surface area (Å²) in [6.45, 7) is 1.77. The monoisotopic (exact) mass is 252 g/mol. The Bertz CT molecular complexity index is 321. The molecule has 0 radical (unpaired) electrons. The van der Waals surface area contributed by atoms with Gasteiger partial charge in [-0.1, -0.05) is 0 Å². The number of piperazine rings is 1. The van der Waals surface area contributed by atoms with Crippen LogP contribution in [0.15, 0.2) is 0 Å². The number of hydrogen-bond acceptors (Lipinski definition) is 4. The van der Waals surface area contributed by atoms with Gasteiger partial charge < -0.3 is 4.90 Å². The van der Waals surface area contributed by atoms with Crippen molar-refractivity contribution in [1.29, 1.82) is 0 Å². The third-order valence-electron chi connectivity index (χ3n) is 2.39. The van der Waals surface area contributed by atoms with Crippen molar-refractivity contribution in [3.05, 3.63) is 0 Å². The molecule has 1 amide bonds. The number of hydrogen-bond donors (Lipinski definition) is 1. The molecule has 1 saturated heterocycles. The lowest BCUT2D eigenvalue weighted by Gasteiger charge is -2.33. The smallest absolute Gasteiger partial charge is 0.223 e.